The van der Waals surface area contributed by atoms with Gasteiger partial charge in [-0.1, -0.05) is 40.3 Å². The molecule has 1 aliphatic heterocycles. The molecule has 0 bridgehead atoms. The Kier molecular flexibility index (Phi) is 8.23. The smallest absolute Gasteiger partial charge is 0.334 e. The highest BCUT2D eigenvalue weighted by atomic mass is 127. The lowest BCUT2D eigenvalue weighted by atomic mass is 9.87. The predicted molar refractivity (Wildman–Crippen MR) is 129 cm³/mol. The highest BCUT2D eigenvalue weighted by Crippen LogP contribution is 2.41. The number of hydrogen-bond donors (Lipinski definition) is 0. The maximum absolute atomic E-state index is 12.5. The fourth-order valence-corrected chi connectivity index (χ4v) is 3.58. The molecule has 0 radical (unpaired) electrons. The van der Waals surface area contributed by atoms with Gasteiger partial charge in [-0.25, -0.2) is 4.79 Å². The Hall–Kier alpha value is -2.61. The molecule has 0 N–H and O–H groups in total. The van der Waals surface area contributed by atoms with E-state index in [2.05, 4.69) is 6.58 Å². The summed E-state index contributed by atoms with van der Waals surface area (Å²) in [7, 11) is 1.36. The first-order chi connectivity index (χ1) is 14.4. The number of carbonyl (C=O) groups is 1. The van der Waals surface area contributed by atoms with Crippen molar-refractivity contribution in [3.05, 3.63) is 70.4 Å². The number of allylic oxidation sites excluding steroid dienone is 2. The van der Waals surface area contributed by atoms with Crippen molar-refractivity contribution in [3.8, 4) is 17.1 Å². The summed E-state index contributed by atoms with van der Waals surface area (Å²) in [6.07, 6.45) is 1.65. The Balaban J connectivity index is 0.00000155. The van der Waals surface area contributed by atoms with E-state index in [0.29, 0.717) is 33.8 Å². The molecule has 0 unspecified atom stereocenters. The minimum atomic E-state index is -0.417. The van der Waals surface area contributed by atoms with E-state index < -0.39 is 5.97 Å². The van der Waals surface area contributed by atoms with Gasteiger partial charge in [0.25, 0.3) is 0 Å². The second-order valence-electron chi connectivity index (χ2n) is 6.55. The molecule has 0 fully saturated rings. The fraction of sp³-hybridized carbons (Fsp3) is 0.250. The van der Waals surface area contributed by atoms with Crippen molar-refractivity contribution in [1.29, 1.82) is 0 Å². The van der Waals surface area contributed by atoms with Gasteiger partial charge in [-0.15, -0.1) is 0 Å². The maximum Gasteiger partial charge on any atom is 0.334 e. The van der Waals surface area contributed by atoms with Gasteiger partial charge in [-0.3, -0.25) is 4.79 Å². The maximum atomic E-state index is 12.5. The van der Waals surface area contributed by atoms with E-state index in [4.69, 9.17) is 12.2 Å². The molecule has 0 spiro atoms. The number of ether oxygens (including phenoxy) is 1. The lowest BCUT2D eigenvalue weighted by Gasteiger charge is -2.20. The number of methoxy groups -OCH3 is 1. The molecule has 0 atom stereocenters. The molecule has 1 aliphatic carbocycles. The van der Waals surface area contributed by atoms with Crippen molar-refractivity contribution in [1.82, 2.24) is 0 Å². The normalized spacial score (nSPS) is 11.6. The van der Waals surface area contributed by atoms with Crippen LogP contribution in [0, 0.1) is 5.92 Å². The summed E-state index contributed by atoms with van der Waals surface area (Å²) in [6.45, 7) is 11.8. The second-order valence-corrected chi connectivity index (χ2v) is 6.99. The molecule has 3 rings (SSSR count). The average Bonchev–Trinajstić information content (AvgIpc) is 2.76. The summed E-state index contributed by atoms with van der Waals surface area (Å²) < 4.78 is 16.3. The van der Waals surface area contributed by atoms with E-state index in [1.54, 1.807) is 41.2 Å². The third-order valence-electron chi connectivity index (χ3n) is 4.50. The molecular formula is C24H25IO5. The summed E-state index contributed by atoms with van der Waals surface area (Å²) in [5.41, 5.74) is 3.01. The topological polar surface area (TPSA) is 65.7 Å². The lowest BCUT2D eigenvalue weighted by molar-refractivity contribution is -0.136. The van der Waals surface area contributed by atoms with Crippen LogP contribution in [0.25, 0.3) is 27.9 Å². The van der Waals surface area contributed by atoms with Gasteiger partial charge in [0.05, 0.1) is 7.11 Å². The second kappa shape index (κ2) is 10.4. The number of halogens is 1. The number of carbonyl (C=O) groups excluding carboxylic acids is 1. The Bertz CT molecular complexity index is 1120. The van der Waals surface area contributed by atoms with Gasteiger partial charge in [-0.05, 0) is 35.8 Å². The first kappa shape index (κ1) is 23.7. The molecule has 0 amide bonds. The zero-order valence-electron chi connectivity index (χ0n) is 17.7. The summed E-state index contributed by atoms with van der Waals surface area (Å²) >= 11 is 1.79. The molecule has 0 aromatic heterocycles. The number of benzene rings is 2. The summed E-state index contributed by atoms with van der Waals surface area (Å²) in [6, 6.07) is 10.0. The Morgan fingerprint density at radius 2 is 1.87 bits per heavy atom. The molecular weight excluding hydrogens is 495 g/mol. The molecule has 6 heteroatoms. The predicted octanol–water partition coefficient (Wildman–Crippen LogP) is 6.42. The summed E-state index contributed by atoms with van der Waals surface area (Å²) in [5.74, 6) is 0.521. The van der Waals surface area contributed by atoms with E-state index in [1.165, 1.54) is 19.2 Å². The van der Waals surface area contributed by atoms with Gasteiger partial charge in [0.15, 0.2) is 28.4 Å². The Labute approximate surface area is 190 Å². The zero-order chi connectivity index (χ0) is 22.4. The highest BCUT2D eigenvalue weighted by Gasteiger charge is 2.25. The van der Waals surface area contributed by atoms with Gasteiger partial charge in [0.1, 0.15) is 17.1 Å². The van der Waals surface area contributed by atoms with Crippen molar-refractivity contribution in [3.63, 3.8) is 0 Å². The quantitative estimate of drug-likeness (QED) is 0.128. The summed E-state index contributed by atoms with van der Waals surface area (Å²) in [5, 5.41) is 0.778. The first-order valence-corrected chi connectivity index (χ1v) is 10.5. The van der Waals surface area contributed by atoms with Gasteiger partial charge >= 0.3 is 5.97 Å². The van der Waals surface area contributed by atoms with E-state index in [0.717, 1.165) is 10.9 Å². The molecule has 0 saturated carbocycles. The number of rotatable bonds is 5. The van der Waals surface area contributed by atoms with Crippen LogP contribution in [0.1, 0.15) is 33.3 Å². The van der Waals surface area contributed by atoms with Crippen LogP contribution in [-0.4, -0.2) is 13.1 Å². The van der Waals surface area contributed by atoms with Gasteiger partial charge < -0.3 is 12.2 Å². The third-order valence-corrected chi connectivity index (χ3v) is 5.01. The molecule has 1 aromatic rings. The van der Waals surface area contributed by atoms with Crippen molar-refractivity contribution in [2.75, 3.05) is 7.11 Å². The molecule has 5 nitrogen and oxygen atoms in total. The largest absolute Gasteiger partial charge is 0.466 e. The van der Waals surface area contributed by atoms with Crippen molar-refractivity contribution in [2.45, 2.75) is 27.7 Å². The average molecular weight is 520 g/mol. The van der Waals surface area contributed by atoms with Crippen molar-refractivity contribution >= 4 is 45.5 Å². The van der Waals surface area contributed by atoms with Crippen LogP contribution in [0.2, 0.25) is 0 Å². The Morgan fingerprint density at radius 3 is 2.43 bits per heavy atom. The van der Waals surface area contributed by atoms with E-state index in [-0.39, 0.29) is 11.3 Å². The molecule has 0 saturated heterocycles. The van der Waals surface area contributed by atoms with E-state index in [1.807, 2.05) is 39.8 Å². The Morgan fingerprint density at radius 1 is 1.17 bits per heavy atom. The van der Waals surface area contributed by atoms with Gasteiger partial charge in [0.2, 0.25) is 0 Å². The van der Waals surface area contributed by atoms with Crippen LogP contribution >= 0.6 is 23.0 Å². The molecule has 1 heterocycles. The van der Waals surface area contributed by atoms with Crippen LogP contribution in [0.5, 0.6) is 5.75 Å². The van der Waals surface area contributed by atoms with Crippen LogP contribution in [0.4, 0.5) is 0 Å². The standard InChI is InChI=1S/C22H19IO5.C2H6/c1-5-15(20(12(2)3)22(25)26-4)21-16-8-6-13(24)10-18(16)27-19-11-14(28-23)7-9-17(19)21;1-2/h5-12H,1H2,2-4H3;1-2H3/b20-15-;. The van der Waals surface area contributed by atoms with Gasteiger partial charge in [0, 0.05) is 34.2 Å². The summed E-state index contributed by atoms with van der Waals surface area (Å²) in [4.78, 5) is 24.4. The zero-order valence-corrected chi connectivity index (χ0v) is 19.9. The number of hydrogen-bond acceptors (Lipinski definition) is 5. The lowest BCUT2D eigenvalue weighted by Crippen LogP contribution is -2.13. The monoisotopic (exact) mass is 520 g/mol. The molecule has 1 aromatic carbocycles. The van der Waals surface area contributed by atoms with Crippen LogP contribution in [0.3, 0.4) is 0 Å². The number of fused-ring (bicyclic) bond motifs is 2. The SMILES string of the molecule is C=C/C(=C(/C(=O)OC)C(C)C)c1c2ccc(=O)cc-2oc2cc(OI)ccc12.CC. The molecule has 158 valence electrons. The highest BCUT2D eigenvalue weighted by molar-refractivity contribution is 14.1. The van der Waals surface area contributed by atoms with E-state index in [9.17, 15) is 9.59 Å². The van der Waals surface area contributed by atoms with Crippen molar-refractivity contribution in [2.24, 2.45) is 5.92 Å². The van der Waals surface area contributed by atoms with Crippen LogP contribution in [0.15, 0.2) is 63.8 Å². The van der Waals surface area contributed by atoms with Crippen molar-refractivity contribution < 1.29 is 17.0 Å². The van der Waals surface area contributed by atoms with E-state index >= 15 is 0 Å². The van der Waals surface area contributed by atoms with Gasteiger partial charge in [-0.2, -0.15) is 0 Å². The minimum absolute atomic E-state index is 0.0987. The van der Waals surface area contributed by atoms with Crippen LogP contribution in [-0.2, 0) is 9.53 Å². The molecule has 30 heavy (non-hydrogen) atoms. The third kappa shape index (κ3) is 4.59. The number of esters is 1. The fourth-order valence-electron chi connectivity index (χ4n) is 3.30. The van der Waals surface area contributed by atoms with Crippen LogP contribution < -0.4 is 8.50 Å². The molecule has 2 aliphatic rings. The first-order valence-electron chi connectivity index (χ1n) is 9.65. The minimum Gasteiger partial charge on any atom is -0.466 e.